The average Bonchev–Trinajstić information content (AvgIpc) is 2.40. The summed E-state index contributed by atoms with van der Waals surface area (Å²) in [5.41, 5.74) is 5.00. The van der Waals surface area contributed by atoms with Gasteiger partial charge in [0.2, 0.25) is 0 Å². The molecule has 0 amide bonds. The van der Waals surface area contributed by atoms with Crippen molar-refractivity contribution in [2.75, 3.05) is 7.11 Å². The second-order valence-corrected chi connectivity index (χ2v) is 4.47. The summed E-state index contributed by atoms with van der Waals surface area (Å²) in [6.45, 7) is 4.24. The number of benzene rings is 2. The maximum Gasteiger partial charge on any atom is 0.118 e. The molecular weight excluding hydrogens is 220 g/mol. The second kappa shape index (κ2) is 5.54. The van der Waals surface area contributed by atoms with E-state index in [1.54, 1.807) is 7.11 Å². The largest absolute Gasteiger partial charge is 0.497 e. The van der Waals surface area contributed by atoms with Crippen LogP contribution in [0.5, 0.6) is 5.75 Å². The van der Waals surface area contributed by atoms with Crippen molar-refractivity contribution in [1.29, 1.82) is 0 Å². The smallest absolute Gasteiger partial charge is 0.118 e. The van der Waals surface area contributed by atoms with Crippen LogP contribution in [0.2, 0.25) is 0 Å². The predicted octanol–water partition coefficient (Wildman–Crippen LogP) is 4.56. The molecule has 0 bridgehead atoms. The fourth-order valence-electron chi connectivity index (χ4n) is 1.85. The maximum atomic E-state index is 5.15. The average molecular weight is 238 g/mol. The van der Waals surface area contributed by atoms with Crippen LogP contribution in [0.3, 0.4) is 0 Å². The van der Waals surface area contributed by atoms with Gasteiger partial charge in [-0.3, -0.25) is 0 Å². The van der Waals surface area contributed by atoms with Crippen molar-refractivity contribution in [1.82, 2.24) is 0 Å². The highest BCUT2D eigenvalue weighted by Gasteiger charge is 1.96. The maximum absolute atomic E-state index is 5.15. The van der Waals surface area contributed by atoms with Crippen molar-refractivity contribution in [3.8, 4) is 5.75 Å². The van der Waals surface area contributed by atoms with Gasteiger partial charge in [-0.15, -0.1) is 0 Å². The van der Waals surface area contributed by atoms with E-state index in [1.165, 1.54) is 22.3 Å². The van der Waals surface area contributed by atoms with Gasteiger partial charge in [-0.25, -0.2) is 0 Å². The number of rotatable bonds is 3. The zero-order chi connectivity index (χ0) is 13.0. The Morgan fingerprint density at radius 2 is 1.56 bits per heavy atom. The summed E-state index contributed by atoms with van der Waals surface area (Å²) in [7, 11) is 1.68. The minimum Gasteiger partial charge on any atom is -0.497 e. The molecule has 0 saturated carbocycles. The normalized spacial score (nSPS) is 11.4. The van der Waals surface area contributed by atoms with Crippen LogP contribution in [0.4, 0.5) is 0 Å². The summed E-state index contributed by atoms with van der Waals surface area (Å²) in [5.74, 6) is 0.889. The molecular formula is C17H18O. The van der Waals surface area contributed by atoms with Gasteiger partial charge in [0, 0.05) is 0 Å². The highest BCUT2D eigenvalue weighted by atomic mass is 16.5. The zero-order valence-electron chi connectivity index (χ0n) is 11.1. The first-order valence-corrected chi connectivity index (χ1v) is 6.08. The molecule has 0 spiro atoms. The van der Waals surface area contributed by atoms with E-state index in [1.807, 2.05) is 12.1 Å². The number of aryl methyl sites for hydroxylation is 1. The Hall–Kier alpha value is -2.02. The monoisotopic (exact) mass is 238 g/mol. The van der Waals surface area contributed by atoms with E-state index in [9.17, 15) is 0 Å². The Balaban J connectivity index is 2.23. The first-order chi connectivity index (χ1) is 8.69. The van der Waals surface area contributed by atoms with Crippen LogP contribution >= 0.6 is 0 Å². The molecule has 18 heavy (non-hydrogen) atoms. The SMILES string of the molecule is COc1ccc(/C=C(\C)c2ccc(C)cc2)cc1. The molecule has 2 aromatic rings. The third kappa shape index (κ3) is 3.01. The standard InChI is InChI=1S/C17H18O/c1-13-4-8-16(9-5-13)14(2)12-15-6-10-17(18-3)11-7-15/h4-12H,1-3H3/b14-12+. The third-order valence-electron chi connectivity index (χ3n) is 3.01. The highest BCUT2D eigenvalue weighted by molar-refractivity contribution is 5.80. The Morgan fingerprint density at radius 1 is 0.944 bits per heavy atom. The lowest BCUT2D eigenvalue weighted by Crippen LogP contribution is -1.83. The van der Waals surface area contributed by atoms with E-state index < -0.39 is 0 Å². The molecule has 0 N–H and O–H groups in total. The lowest BCUT2D eigenvalue weighted by Gasteiger charge is -2.04. The molecule has 0 fully saturated rings. The molecule has 0 aliphatic heterocycles. The lowest BCUT2D eigenvalue weighted by molar-refractivity contribution is 0.415. The Kier molecular flexibility index (Phi) is 3.83. The van der Waals surface area contributed by atoms with Gasteiger partial charge in [-0.1, -0.05) is 48.0 Å². The molecule has 92 valence electrons. The summed E-state index contributed by atoms with van der Waals surface area (Å²) in [5, 5.41) is 0. The first-order valence-electron chi connectivity index (χ1n) is 6.08. The van der Waals surface area contributed by atoms with Crippen LogP contribution in [-0.4, -0.2) is 7.11 Å². The van der Waals surface area contributed by atoms with Crippen molar-refractivity contribution >= 4 is 11.6 Å². The van der Waals surface area contributed by atoms with Gasteiger partial charge in [0.25, 0.3) is 0 Å². The van der Waals surface area contributed by atoms with Crippen molar-refractivity contribution < 1.29 is 4.74 Å². The van der Waals surface area contributed by atoms with E-state index in [4.69, 9.17) is 4.74 Å². The zero-order valence-corrected chi connectivity index (χ0v) is 11.1. The summed E-state index contributed by atoms with van der Waals surface area (Å²) in [6.07, 6.45) is 2.18. The van der Waals surface area contributed by atoms with E-state index in [-0.39, 0.29) is 0 Å². The molecule has 1 nitrogen and oxygen atoms in total. The summed E-state index contributed by atoms with van der Waals surface area (Å²) >= 11 is 0. The molecule has 0 unspecified atom stereocenters. The van der Waals surface area contributed by atoms with Gasteiger partial charge in [-0.05, 0) is 42.7 Å². The lowest BCUT2D eigenvalue weighted by atomic mass is 10.0. The number of allylic oxidation sites excluding steroid dienone is 1. The molecule has 2 rings (SSSR count). The molecule has 0 heterocycles. The van der Waals surface area contributed by atoms with E-state index in [2.05, 4.69) is 56.3 Å². The molecule has 0 aliphatic carbocycles. The summed E-state index contributed by atoms with van der Waals surface area (Å²) in [6, 6.07) is 16.7. The minimum atomic E-state index is 0.889. The highest BCUT2D eigenvalue weighted by Crippen LogP contribution is 2.19. The van der Waals surface area contributed by atoms with Crippen molar-refractivity contribution in [3.63, 3.8) is 0 Å². The fraction of sp³-hybridized carbons (Fsp3) is 0.176. The number of hydrogen-bond acceptors (Lipinski definition) is 1. The van der Waals surface area contributed by atoms with Gasteiger partial charge in [-0.2, -0.15) is 0 Å². The predicted molar refractivity (Wildman–Crippen MR) is 77.7 cm³/mol. The summed E-state index contributed by atoms with van der Waals surface area (Å²) < 4.78 is 5.15. The number of methoxy groups -OCH3 is 1. The summed E-state index contributed by atoms with van der Waals surface area (Å²) in [4.78, 5) is 0. The van der Waals surface area contributed by atoms with E-state index in [0.717, 1.165) is 5.75 Å². The van der Waals surface area contributed by atoms with Crippen molar-refractivity contribution in [3.05, 3.63) is 65.2 Å². The van der Waals surface area contributed by atoms with Gasteiger partial charge in [0.1, 0.15) is 5.75 Å². The third-order valence-corrected chi connectivity index (χ3v) is 3.01. The molecule has 1 heteroatoms. The Morgan fingerprint density at radius 3 is 2.11 bits per heavy atom. The van der Waals surface area contributed by atoms with Gasteiger partial charge >= 0.3 is 0 Å². The minimum absolute atomic E-state index is 0.889. The molecule has 0 atom stereocenters. The van der Waals surface area contributed by atoms with Crippen LogP contribution in [0, 0.1) is 6.92 Å². The van der Waals surface area contributed by atoms with Crippen molar-refractivity contribution in [2.24, 2.45) is 0 Å². The molecule has 0 aromatic heterocycles. The van der Waals surface area contributed by atoms with Crippen LogP contribution in [0.25, 0.3) is 11.6 Å². The topological polar surface area (TPSA) is 9.23 Å². The van der Waals surface area contributed by atoms with E-state index in [0.29, 0.717) is 0 Å². The van der Waals surface area contributed by atoms with Gasteiger partial charge in [0.15, 0.2) is 0 Å². The van der Waals surface area contributed by atoms with Crippen molar-refractivity contribution in [2.45, 2.75) is 13.8 Å². The van der Waals surface area contributed by atoms with Crippen LogP contribution in [-0.2, 0) is 0 Å². The molecule has 0 saturated heterocycles. The Bertz CT molecular complexity index is 533. The molecule has 2 aromatic carbocycles. The molecule has 0 aliphatic rings. The Labute approximate surface area is 109 Å². The quantitative estimate of drug-likeness (QED) is 0.712. The van der Waals surface area contributed by atoms with Crippen LogP contribution in [0.15, 0.2) is 48.5 Å². The molecule has 0 radical (unpaired) electrons. The second-order valence-electron chi connectivity index (χ2n) is 4.47. The van der Waals surface area contributed by atoms with Crippen LogP contribution < -0.4 is 4.74 Å². The van der Waals surface area contributed by atoms with E-state index >= 15 is 0 Å². The van der Waals surface area contributed by atoms with Gasteiger partial charge < -0.3 is 4.74 Å². The first kappa shape index (κ1) is 12.4. The van der Waals surface area contributed by atoms with Gasteiger partial charge in [0.05, 0.1) is 7.11 Å². The fourth-order valence-corrected chi connectivity index (χ4v) is 1.85. The number of hydrogen-bond donors (Lipinski definition) is 0. The van der Waals surface area contributed by atoms with Crippen LogP contribution in [0.1, 0.15) is 23.6 Å². The number of ether oxygens (including phenoxy) is 1.